The summed E-state index contributed by atoms with van der Waals surface area (Å²) < 4.78 is 0. The highest BCUT2D eigenvalue weighted by Gasteiger charge is 2.04. The van der Waals surface area contributed by atoms with Crippen LogP contribution in [0.2, 0.25) is 0 Å². The van der Waals surface area contributed by atoms with Crippen molar-refractivity contribution in [3.8, 4) is 0 Å². The van der Waals surface area contributed by atoms with Crippen molar-refractivity contribution >= 4 is 17.7 Å². The van der Waals surface area contributed by atoms with E-state index in [-0.39, 0.29) is 12.5 Å². The summed E-state index contributed by atoms with van der Waals surface area (Å²) in [5, 5.41) is 13.9. The number of urea groups is 1. The number of nitrogens with zero attached hydrogens (tertiary/aromatic N) is 1. The number of aromatic nitrogens is 1. The molecule has 0 atom stereocenters. The molecular weight excluding hydrogens is 234 g/mol. The number of hydrogen-bond donors (Lipinski definition) is 3. The molecule has 0 aliphatic carbocycles. The van der Waals surface area contributed by atoms with E-state index >= 15 is 0 Å². The zero-order valence-electron chi connectivity index (χ0n) is 10.4. The Bertz CT molecular complexity index is 415. The fraction of sp³-hybridized carbons (Fsp3) is 0.417. The topological polar surface area (TPSA) is 91.3 Å². The summed E-state index contributed by atoms with van der Waals surface area (Å²) in [5.74, 6) is -0.551. The van der Waals surface area contributed by atoms with Crippen molar-refractivity contribution in [2.24, 2.45) is 5.92 Å². The second-order valence-corrected chi connectivity index (χ2v) is 4.34. The van der Waals surface area contributed by atoms with Gasteiger partial charge in [-0.15, -0.1) is 0 Å². The maximum Gasteiger partial charge on any atom is 0.319 e. The summed E-state index contributed by atoms with van der Waals surface area (Å²) in [7, 11) is 0. The summed E-state index contributed by atoms with van der Waals surface area (Å²) in [5.41, 5.74) is 0.987. The monoisotopic (exact) mass is 251 g/mol. The third-order valence-corrected chi connectivity index (χ3v) is 2.09. The molecule has 1 heterocycles. The number of nitrogens with one attached hydrogen (secondary N) is 2. The molecule has 18 heavy (non-hydrogen) atoms. The lowest BCUT2D eigenvalue weighted by Crippen LogP contribution is -2.31. The molecular formula is C12H17N3O3. The Balaban J connectivity index is 2.48. The maximum absolute atomic E-state index is 11.4. The van der Waals surface area contributed by atoms with Crippen molar-refractivity contribution < 1.29 is 14.7 Å². The highest BCUT2D eigenvalue weighted by Crippen LogP contribution is 2.06. The van der Waals surface area contributed by atoms with E-state index in [1.165, 1.54) is 6.20 Å². The van der Waals surface area contributed by atoms with E-state index in [1.54, 1.807) is 12.1 Å². The standard InChI is InChI=1S/C12H17N3O3/c1-8(2)6-14-12(18)15-10-4-3-9(13-7-10)5-11(16)17/h3-4,7-8H,5-6H2,1-2H3,(H,16,17)(H2,14,15,18). The molecule has 0 saturated carbocycles. The van der Waals surface area contributed by atoms with Crippen LogP contribution in [-0.2, 0) is 11.2 Å². The number of carboxylic acid groups (broad SMARTS) is 1. The molecule has 0 aliphatic rings. The van der Waals surface area contributed by atoms with Gasteiger partial charge in [0.05, 0.1) is 24.0 Å². The lowest BCUT2D eigenvalue weighted by atomic mass is 10.2. The molecule has 1 aromatic rings. The normalized spacial score (nSPS) is 10.2. The van der Waals surface area contributed by atoms with Crippen LogP contribution < -0.4 is 10.6 Å². The Morgan fingerprint density at radius 3 is 2.61 bits per heavy atom. The van der Waals surface area contributed by atoms with Gasteiger partial charge in [0.15, 0.2) is 0 Å². The largest absolute Gasteiger partial charge is 0.481 e. The van der Waals surface area contributed by atoms with Gasteiger partial charge >= 0.3 is 12.0 Å². The van der Waals surface area contributed by atoms with Crippen LogP contribution in [0.25, 0.3) is 0 Å². The minimum absolute atomic E-state index is 0.125. The van der Waals surface area contributed by atoms with Crippen molar-refractivity contribution in [1.29, 1.82) is 0 Å². The van der Waals surface area contributed by atoms with Gasteiger partial charge in [0.1, 0.15) is 0 Å². The first-order chi connectivity index (χ1) is 8.47. The lowest BCUT2D eigenvalue weighted by molar-refractivity contribution is -0.136. The van der Waals surface area contributed by atoms with Gasteiger partial charge in [-0.2, -0.15) is 0 Å². The quantitative estimate of drug-likeness (QED) is 0.739. The first kappa shape index (κ1) is 14.0. The molecule has 0 fully saturated rings. The molecule has 0 aromatic carbocycles. The smallest absolute Gasteiger partial charge is 0.319 e. The predicted octanol–water partition coefficient (Wildman–Crippen LogP) is 1.49. The second kappa shape index (κ2) is 6.58. The second-order valence-electron chi connectivity index (χ2n) is 4.34. The number of carbonyl (C=O) groups excluding carboxylic acids is 1. The summed E-state index contributed by atoms with van der Waals surface area (Å²) >= 11 is 0. The van der Waals surface area contributed by atoms with Gasteiger partial charge in [0.2, 0.25) is 0 Å². The minimum atomic E-state index is -0.933. The Labute approximate surface area is 105 Å². The number of aliphatic carboxylic acids is 1. The molecule has 0 spiro atoms. The summed E-state index contributed by atoms with van der Waals surface area (Å²) in [6.45, 7) is 4.60. The van der Waals surface area contributed by atoms with Gasteiger partial charge in [-0.25, -0.2) is 4.79 Å². The van der Waals surface area contributed by atoms with Crippen LogP contribution in [0, 0.1) is 5.92 Å². The van der Waals surface area contributed by atoms with E-state index in [2.05, 4.69) is 15.6 Å². The van der Waals surface area contributed by atoms with E-state index in [4.69, 9.17) is 5.11 Å². The van der Waals surface area contributed by atoms with E-state index in [0.29, 0.717) is 23.8 Å². The zero-order chi connectivity index (χ0) is 13.5. The fourth-order valence-corrected chi connectivity index (χ4v) is 1.23. The molecule has 6 nitrogen and oxygen atoms in total. The first-order valence-corrected chi connectivity index (χ1v) is 5.69. The molecule has 6 heteroatoms. The average Bonchev–Trinajstić information content (AvgIpc) is 2.28. The minimum Gasteiger partial charge on any atom is -0.481 e. The Hall–Kier alpha value is -2.11. The predicted molar refractivity (Wildman–Crippen MR) is 67.4 cm³/mol. The van der Waals surface area contributed by atoms with Gasteiger partial charge in [0.25, 0.3) is 0 Å². The number of rotatable bonds is 5. The number of anilines is 1. The van der Waals surface area contributed by atoms with E-state index in [0.717, 1.165) is 0 Å². The van der Waals surface area contributed by atoms with Crippen LogP contribution in [0.4, 0.5) is 10.5 Å². The molecule has 1 aromatic heterocycles. The Morgan fingerprint density at radius 1 is 1.39 bits per heavy atom. The van der Waals surface area contributed by atoms with E-state index in [9.17, 15) is 9.59 Å². The molecule has 3 N–H and O–H groups in total. The molecule has 98 valence electrons. The average molecular weight is 251 g/mol. The van der Waals surface area contributed by atoms with Crippen molar-refractivity contribution in [1.82, 2.24) is 10.3 Å². The van der Waals surface area contributed by atoms with Gasteiger partial charge in [-0.1, -0.05) is 13.8 Å². The zero-order valence-corrected chi connectivity index (χ0v) is 10.4. The van der Waals surface area contributed by atoms with Crippen molar-refractivity contribution in [3.05, 3.63) is 24.0 Å². The Morgan fingerprint density at radius 2 is 2.11 bits per heavy atom. The van der Waals surface area contributed by atoms with Crippen LogP contribution in [0.5, 0.6) is 0 Å². The third-order valence-electron chi connectivity index (χ3n) is 2.09. The summed E-state index contributed by atoms with van der Waals surface area (Å²) in [6, 6.07) is 2.91. The van der Waals surface area contributed by atoms with Crippen LogP contribution in [0.3, 0.4) is 0 Å². The van der Waals surface area contributed by atoms with E-state index in [1.807, 2.05) is 13.8 Å². The first-order valence-electron chi connectivity index (χ1n) is 5.69. The Kier molecular flexibility index (Phi) is 5.10. The van der Waals surface area contributed by atoms with Crippen molar-refractivity contribution in [3.63, 3.8) is 0 Å². The van der Waals surface area contributed by atoms with Crippen LogP contribution in [0.15, 0.2) is 18.3 Å². The molecule has 0 bridgehead atoms. The van der Waals surface area contributed by atoms with Gasteiger partial charge < -0.3 is 15.7 Å². The van der Waals surface area contributed by atoms with Crippen molar-refractivity contribution in [2.75, 3.05) is 11.9 Å². The molecule has 0 saturated heterocycles. The molecule has 0 unspecified atom stereocenters. The number of amides is 2. The third kappa shape index (κ3) is 5.29. The maximum atomic E-state index is 11.4. The molecule has 0 aliphatic heterocycles. The van der Waals surface area contributed by atoms with Crippen molar-refractivity contribution in [2.45, 2.75) is 20.3 Å². The number of hydrogen-bond acceptors (Lipinski definition) is 3. The lowest BCUT2D eigenvalue weighted by Gasteiger charge is -2.09. The van der Waals surface area contributed by atoms with Gasteiger partial charge in [-0.05, 0) is 18.1 Å². The van der Waals surface area contributed by atoms with Crippen LogP contribution in [-0.4, -0.2) is 28.6 Å². The molecule has 2 amide bonds. The number of carboxylic acids is 1. The van der Waals surface area contributed by atoms with Crippen LogP contribution >= 0.6 is 0 Å². The highest BCUT2D eigenvalue weighted by molar-refractivity contribution is 5.89. The number of carbonyl (C=O) groups is 2. The summed E-state index contributed by atoms with van der Waals surface area (Å²) in [4.78, 5) is 25.8. The molecule has 0 radical (unpaired) electrons. The fourth-order valence-electron chi connectivity index (χ4n) is 1.23. The summed E-state index contributed by atoms with van der Waals surface area (Å²) in [6.07, 6.45) is 1.31. The molecule has 1 rings (SSSR count). The highest BCUT2D eigenvalue weighted by atomic mass is 16.4. The SMILES string of the molecule is CC(C)CNC(=O)Nc1ccc(CC(=O)O)nc1. The van der Waals surface area contributed by atoms with Gasteiger partial charge in [-0.3, -0.25) is 9.78 Å². The van der Waals surface area contributed by atoms with Crippen LogP contribution in [0.1, 0.15) is 19.5 Å². The van der Waals surface area contributed by atoms with Gasteiger partial charge in [0, 0.05) is 6.54 Å². The van der Waals surface area contributed by atoms with E-state index < -0.39 is 5.97 Å². The number of pyridine rings is 1.